The Labute approximate surface area is 304 Å². The molecule has 0 atom stereocenters. The number of aliphatic hydroxyl groups excluding tert-OH is 1. The van der Waals surface area contributed by atoms with Crippen LogP contribution in [-0.4, -0.2) is 28.9 Å². The third-order valence-corrected chi connectivity index (χ3v) is 12.3. The number of hydrogen-bond acceptors (Lipinski definition) is 4. The molecule has 0 amide bonds. The Bertz CT molecular complexity index is 1790. The average molecular weight is 842 g/mol. The van der Waals surface area contributed by atoms with Gasteiger partial charge in [-0.3, -0.25) is 9.78 Å². The van der Waals surface area contributed by atoms with Crippen molar-refractivity contribution in [2.75, 3.05) is 0 Å². The monoisotopic (exact) mass is 842 g/mol. The molecule has 0 unspecified atom stereocenters. The van der Waals surface area contributed by atoms with Crippen molar-refractivity contribution in [3.8, 4) is 11.3 Å². The molecule has 1 aliphatic rings. The van der Waals surface area contributed by atoms with Crippen molar-refractivity contribution in [1.82, 2.24) is 9.97 Å². The van der Waals surface area contributed by atoms with Gasteiger partial charge in [-0.05, 0) is 72.4 Å². The zero-order valence-corrected chi connectivity index (χ0v) is 34.8. The number of carbonyl (C=O) groups is 1. The molecule has 1 radical (unpaired) electrons. The maximum atomic E-state index is 11.7. The summed E-state index contributed by atoms with van der Waals surface area (Å²) in [7, 11) is -1.57. The van der Waals surface area contributed by atoms with Crippen LogP contribution in [0.2, 0.25) is 19.6 Å². The van der Waals surface area contributed by atoms with Crippen LogP contribution in [-0.2, 0) is 35.7 Å². The summed E-state index contributed by atoms with van der Waals surface area (Å²) >= 11 is 0. The quantitative estimate of drug-likeness (QED) is 0.0789. The van der Waals surface area contributed by atoms with Gasteiger partial charge in [0, 0.05) is 43.7 Å². The van der Waals surface area contributed by atoms with Crippen molar-refractivity contribution in [2.24, 2.45) is 11.8 Å². The van der Waals surface area contributed by atoms with Gasteiger partial charge >= 0.3 is 0 Å². The number of hydrogen-bond donors (Lipinski definition) is 1. The van der Waals surface area contributed by atoms with Crippen molar-refractivity contribution in [1.29, 1.82) is 0 Å². The van der Waals surface area contributed by atoms with Crippen molar-refractivity contribution < 1.29 is 30.0 Å². The topological polar surface area (TPSA) is 63.1 Å². The summed E-state index contributed by atoms with van der Waals surface area (Å²) in [6.07, 6.45) is 7.78. The van der Waals surface area contributed by atoms with E-state index in [2.05, 4.69) is 102 Å². The Balaban J connectivity index is 0.000000334. The molecule has 5 rings (SSSR count). The number of ketones is 1. The molecule has 1 heterocycles. The normalized spacial score (nSPS) is 15.3. The zero-order chi connectivity index (χ0) is 34.9. The number of aromatic nitrogens is 2. The van der Waals surface area contributed by atoms with E-state index in [-0.39, 0.29) is 54.3 Å². The standard InChI is InChI=1S/C29H33N2Si.C13H24O2.Ir/c1-18-9-10-21-19(11-18)12-20(13-26(21)32(6,7)8)27-22-14-23-24(15-25(22)30-17-31-27)29(4,5)16-28(23,2)3;1-5-10(6-2)12(14)9-13(15)11(7-3)8-4;/h9-11,13-15,17H,16H2,1-8H3;9-11,14H,5-8H2,1-4H3;/q-1;;/b;12-9-;. The van der Waals surface area contributed by atoms with Gasteiger partial charge in [-0.15, -0.1) is 28.8 Å². The summed E-state index contributed by atoms with van der Waals surface area (Å²) in [5.74, 6) is 0.547. The molecule has 0 aliphatic heterocycles. The van der Waals surface area contributed by atoms with Gasteiger partial charge in [0.15, 0.2) is 5.78 Å². The smallest absolute Gasteiger partial charge is 0.162 e. The largest absolute Gasteiger partial charge is 0.512 e. The second kappa shape index (κ2) is 15.5. The molecular weight excluding hydrogens is 785 g/mol. The van der Waals surface area contributed by atoms with Crippen molar-refractivity contribution in [3.63, 3.8) is 0 Å². The van der Waals surface area contributed by atoms with Crippen molar-refractivity contribution in [2.45, 2.75) is 125 Å². The first kappa shape index (κ1) is 39.8. The summed E-state index contributed by atoms with van der Waals surface area (Å²) in [5.41, 5.74) is 7.57. The van der Waals surface area contributed by atoms with Gasteiger partial charge in [0.25, 0.3) is 0 Å². The molecule has 1 aromatic heterocycles. The number of aryl methyl sites for hydroxylation is 1. The summed E-state index contributed by atoms with van der Waals surface area (Å²) in [6, 6.07) is 17.5. The molecule has 0 spiro atoms. The molecule has 0 bridgehead atoms. The molecule has 48 heavy (non-hydrogen) atoms. The fourth-order valence-electron chi connectivity index (χ4n) is 7.66. The number of aliphatic hydroxyl groups is 1. The number of carbonyl (C=O) groups excluding carboxylic acids is 1. The summed E-state index contributed by atoms with van der Waals surface area (Å²) in [6.45, 7) is 26.9. The van der Waals surface area contributed by atoms with Gasteiger partial charge < -0.3 is 5.11 Å². The first-order valence-electron chi connectivity index (χ1n) is 17.7. The molecule has 1 aliphatic carbocycles. The van der Waals surface area contributed by atoms with E-state index in [1.54, 1.807) is 6.33 Å². The van der Waals surface area contributed by atoms with Crippen LogP contribution in [0.15, 0.2) is 54.6 Å². The van der Waals surface area contributed by atoms with Crippen LogP contribution in [0.5, 0.6) is 0 Å². The minimum Gasteiger partial charge on any atom is -0.512 e. The molecule has 3 aromatic carbocycles. The Hall–Kier alpha value is -2.66. The second-order valence-corrected chi connectivity index (χ2v) is 21.0. The maximum Gasteiger partial charge on any atom is 0.162 e. The van der Waals surface area contributed by atoms with E-state index in [4.69, 9.17) is 4.98 Å². The third kappa shape index (κ3) is 8.37. The number of fused-ring (bicyclic) bond motifs is 3. The van der Waals surface area contributed by atoms with E-state index in [1.807, 2.05) is 27.7 Å². The third-order valence-electron chi connectivity index (χ3n) is 10.3. The Morgan fingerprint density at radius 2 is 1.46 bits per heavy atom. The molecule has 4 aromatic rings. The number of nitrogens with zero attached hydrogens (tertiary/aromatic N) is 2. The predicted molar refractivity (Wildman–Crippen MR) is 204 cm³/mol. The van der Waals surface area contributed by atoms with Crippen LogP contribution in [0.4, 0.5) is 0 Å². The zero-order valence-electron chi connectivity index (χ0n) is 31.4. The minimum atomic E-state index is -1.57. The van der Waals surface area contributed by atoms with E-state index in [9.17, 15) is 9.90 Å². The Morgan fingerprint density at radius 1 is 0.875 bits per heavy atom. The van der Waals surface area contributed by atoms with E-state index >= 15 is 0 Å². The van der Waals surface area contributed by atoms with Crippen LogP contribution in [0, 0.1) is 24.8 Å². The summed E-state index contributed by atoms with van der Waals surface area (Å²) < 4.78 is 0. The van der Waals surface area contributed by atoms with Gasteiger partial charge in [-0.2, -0.15) is 0 Å². The fourth-order valence-corrected chi connectivity index (χ4v) is 9.26. The predicted octanol–water partition coefficient (Wildman–Crippen LogP) is 10.9. The van der Waals surface area contributed by atoms with E-state index < -0.39 is 8.07 Å². The van der Waals surface area contributed by atoms with Crippen molar-refractivity contribution >= 4 is 40.7 Å². The van der Waals surface area contributed by atoms with Gasteiger partial charge in [-0.25, -0.2) is 4.98 Å². The summed E-state index contributed by atoms with van der Waals surface area (Å²) in [4.78, 5) is 21.2. The summed E-state index contributed by atoms with van der Waals surface area (Å²) in [5, 5.41) is 14.9. The molecule has 6 heteroatoms. The van der Waals surface area contributed by atoms with Gasteiger partial charge in [0.2, 0.25) is 0 Å². The van der Waals surface area contributed by atoms with Crippen LogP contribution in [0.25, 0.3) is 32.9 Å². The van der Waals surface area contributed by atoms with E-state index in [0.717, 1.165) is 54.3 Å². The Morgan fingerprint density at radius 3 is 2.02 bits per heavy atom. The minimum absolute atomic E-state index is 0. The molecule has 0 fully saturated rings. The number of rotatable bonds is 9. The van der Waals surface area contributed by atoms with Gasteiger partial charge in [-0.1, -0.05) is 110 Å². The van der Waals surface area contributed by atoms with Crippen LogP contribution in [0.3, 0.4) is 0 Å². The van der Waals surface area contributed by atoms with Crippen molar-refractivity contribution in [3.05, 3.63) is 77.3 Å². The first-order chi connectivity index (χ1) is 22.0. The number of allylic oxidation sites excluding steroid dienone is 2. The van der Waals surface area contributed by atoms with Crippen LogP contribution >= 0.6 is 0 Å². The Kier molecular flexibility index (Phi) is 12.8. The van der Waals surface area contributed by atoms with Crippen LogP contribution in [0.1, 0.15) is 104 Å². The SMILES string of the molecule is CCC(CC)C(=O)/C=C(\O)C(CC)CC.Cc1ccc2c([Si](C)(C)C)cc(-c3ncnc4cc5c(cc34)C(C)(C)CC5(C)C)[c-]c2c1.[Ir]. The number of benzene rings is 3. The van der Waals surface area contributed by atoms with Crippen LogP contribution < -0.4 is 5.19 Å². The van der Waals surface area contributed by atoms with E-state index in [1.165, 1.54) is 38.7 Å². The van der Waals surface area contributed by atoms with Gasteiger partial charge in [0.1, 0.15) is 6.33 Å². The molecule has 0 saturated carbocycles. The molecule has 4 nitrogen and oxygen atoms in total. The molecule has 1 N–H and O–H groups in total. The average Bonchev–Trinajstić information content (AvgIpc) is 3.18. The first-order valence-corrected chi connectivity index (χ1v) is 21.2. The molecular formula is C42H57IrN2O2Si-. The maximum absolute atomic E-state index is 11.7. The second-order valence-electron chi connectivity index (χ2n) is 16.0. The molecule has 261 valence electrons. The fraction of sp³-hybridized carbons (Fsp3) is 0.500. The van der Waals surface area contributed by atoms with E-state index in [0.29, 0.717) is 0 Å². The molecule has 0 saturated heterocycles. The van der Waals surface area contributed by atoms with Gasteiger partial charge in [0.05, 0.1) is 19.3 Å².